The van der Waals surface area contributed by atoms with Crippen molar-refractivity contribution < 1.29 is 22.8 Å². The fraction of sp³-hybridized carbons (Fsp3) is 0.222. The third-order valence-corrected chi connectivity index (χ3v) is 4.20. The first-order valence-corrected chi connectivity index (χ1v) is 7.61. The van der Waals surface area contributed by atoms with Gasteiger partial charge in [-0.05, 0) is 29.8 Å². The Morgan fingerprint density at radius 3 is 2.60 bits per heavy atom. The number of rotatable bonds is 2. The van der Waals surface area contributed by atoms with E-state index in [1.807, 2.05) is 0 Å². The predicted molar refractivity (Wildman–Crippen MR) is 87.3 cm³/mol. The molecule has 3 rings (SSSR count). The molecular formula is C18H15F3N2O2. The van der Waals surface area contributed by atoms with Crippen LogP contribution < -0.4 is 10.2 Å². The SMILES string of the molecule is CN1C(=O)CC(C(=O)Nc2cccc(C(F)(F)F)c2)c2ccccc21. The van der Waals surface area contributed by atoms with E-state index in [9.17, 15) is 22.8 Å². The van der Waals surface area contributed by atoms with Crippen LogP contribution in [0.5, 0.6) is 0 Å². The summed E-state index contributed by atoms with van der Waals surface area (Å²) in [7, 11) is 1.63. The third-order valence-electron chi connectivity index (χ3n) is 4.20. The number of fused-ring (bicyclic) bond motifs is 1. The van der Waals surface area contributed by atoms with Gasteiger partial charge in [-0.25, -0.2) is 0 Å². The van der Waals surface area contributed by atoms with Gasteiger partial charge in [0.15, 0.2) is 0 Å². The maximum atomic E-state index is 12.8. The van der Waals surface area contributed by atoms with Gasteiger partial charge in [-0.15, -0.1) is 0 Å². The Balaban J connectivity index is 1.87. The minimum atomic E-state index is -4.49. The van der Waals surface area contributed by atoms with Crippen molar-refractivity contribution in [2.24, 2.45) is 0 Å². The lowest BCUT2D eigenvalue weighted by molar-refractivity contribution is -0.137. The van der Waals surface area contributed by atoms with Crippen LogP contribution in [0.2, 0.25) is 0 Å². The summed E-state index contributed by atoms with van der Waals surface area (Å²) in [5.41, 5.74) is 0.505. The molecule has 130 valence electrons. The molecule has 0 saturated carbocycles. The number of nitrogens with one attached hydrogen (secondary N) is 1. The van der Waals surface area contributed by atoms with E-state index in [2.05, 4.69) is 5.32 Å². The summed E-state index contributed by atoms with van der Waals surface area (Å²) in [6.07, 6.45) is -4.52. The molecule has 0 fully saturated rings. The first-order valence-electron chi connectivity index (χ1n) is 7.61. The number of carbonyl (C=O) groups is 2. The molecule has 0 saturated heterocycles. The van der Waals surface area contributed by atoms with E-state index in [0.29, 0.717) is 11.3 Å². The number of hydrogen-bond donors (Lipinski definition) is 1. The molecule has 1 aliphatic heterocycles. The number of benzene rings is 2. The quantitative estimate of drug-likeness (QED) is 0.898. The lowest BCUT2D eigenvalue weighted by atomic mass is 9.89. The molecule has 25 heavy (non-hydrogen) atoms. The summed E-state index contributed by atoms with van der Waals surface area (Å²) in [5, 5.41) is 2.49. The Bertz CT molecular complexity index is 833. The second kappa shape index (κ2) is 6.23. The van der Waals surface area contributed by atoms with Crippen molar-refractivity contribution in [2.45, 2.75) is 18.5 Å². The van der Waals surface area contributed by atoms with E-state index < -0.39 is 23.6 Å². The van der Waals surface area contributed by atoms with Gasteiger partial charge in [0.1, 0.15) is 0 Å². The number of para-hydroxylation sites is 1. The van der Waals surface area contributed by atoms with Gasteiger partial charge in [-0.1, -0.05) is 24.3 Å². The number of nitrogens with zero attached hydrogens (tertiary/aromatic N) is 1. The van der Waals surface area contributed by atoms with Crippen LogP contribution in [0.3, 0.4) is 0 Å². The van der Waals surface area contributed by atoms with Crippen molar-refractivity contribution in [3.8, 4) is 0 Å². The molecule has 1 heterocycles. The average molecular weight is 348 g/mol. The number of alkyl halides is 3. The minimum Gasteiger partial charge on any atom is -0.326 e. The van der Waals surface area contributed by atoms with Crippen LogP contribution in [0.25, 0.3) is 0 Å². The van der Waals surface area contributed by atoms with Crippen molar-refractivity contribution in [2.75, 3.05) is 17.3 Å². The molecule has 0 radical (unpaired) electrons. The molecule has 7 heteroatoms. The molecule has 1 atom stereocenters. The fourth-order valence-electron chi connectivity index (χ4n) is 2.88. The van der Waals surface area contributed by atoms with E-state index in [1.165, 1.54) is 17.0 Å². The Hall–Kier alpha value is -2.83. The molecule has 0 spiro atoms. The number of carbonyl (C=O) groups excluding carboxylic acids is 2. The minimum absolute atomic E-state index is 0.0295. The first kappa shape index (κ1) is 17.0. The largest absolute Gasteiger partial charge is 0.416 e. The molecular weight excluding hydrogens is 333 g/mol. The zero-order chi connectivity index (χ0) is 18.2. The second-order valence-electron chi connectivity index (χ2n) is 5.84. The van der Waals surface area contributed by atoms with Gasteiger partial charge in [-0.2, -0.15) is 13.2 Å². The Kier molecular flexibility index (Phi) is 4.24. The third kappa shape index (κ3) is 3.35. The first-order chi connectivity index (χ1) is 11.8. The van der Waals surface area contributed by atoms with E-state index in [0.717, 1.165) is 12.1 Å². The molecule has 1 unspecified atom stereocenters. The van der Waals surface area contributed by atoms with Crippen LogP contribution >= 0.6 is 0 Å². The Labute approximate surface area is 142 Å². The lowest BCUT2D eigenvalue weighted by Gasteiger charge is -2.30. The van der Waals surface area contributed by atoms with Crippen molar-refractivity contribution in [3.05, 3.63) is 59.7 Å². The van der Waals surface area contributed by atoms with E-state index in [1.54, 1.807) is 31.3 Å². The van der Waals surface area contributed by atoms with Crippen molar-refractivity contribution in [1.82, 2.24) is 0 Å². The van der Waals surface area contributed by atoms with Gasteiger partial charge in [0.2, 0.25) is 11.8 Å². The van der Waals surface area contributed by atoms with E-state index in [-0.39, 0.29) is 18.0 Å². The Morgan fingerprint density at radius 2 is 1.88 bits per heavy atom. The topological polar surface area (TPSA) is 49.4 Å². The van der Waals surface area contributed by atoms with Crippen molar-refractivity contribution in [1.29, 1.82) is 0 Å². The number of hydrogen-bond acceptors (Lipinski definition) is 2. The van der Waals surface area contributed by atoms with Crippen LogP contribution in [0.15, 0.2) is 48.5 Å². The summed E-state index contributed by atoms with van der Waals surface area (Å²) in [6, 6.07) is 11.4. The molecule has 0 aromatic heterocycles. The average Bonchev–Trinajstić information content (AvgIpc) is 2.57. The van der Waals surface area contributed by atoms with Crippen LogP contribution in [-0.2, 0) is 15.8 Å². The highest BCUT2D eigenvalue weighted by atomic mass is 19.4. The summed E-state index contributed by atoms with van der Waals surface area (Å²) in [5.74, 6) is -1.47. The van der Waals surface area contributed by atoms with E-state index in [4.69, 9.17) is 0 Å². The number of anilines is 2. The van der Waals surface area contributed by atoms with Gasteiger partial charge in [-0.3, -0.25) is 9.59 Å². The van der Waals surface area contributed by atoms with Crippen LogP contribution in [0.1, 0.15) is 23.5 Å². The molecule has 2 aromatic carbocycles. The van der Waals surface area contributed by atoms with E-state index >= 15 is 0 Å². The van der Waals surface area contributed by atoms with Gasteiger partial charge < -0.3 is 10.2 Å². The van der Waals surface area contributed by atoms with Crippen LogP contribution in [0, 0.1) is 0 Å². The summed E-state index contributed by atoms with van der Waals surface area (Å²) >= 11 is 0. The number of halogens is 3. The summed E-state index contributed by atoms with van der Waals surface area (Å²) in [6.45, 7) is 0. The maximum absolute atomic E-state index is 12.8. The van der Waals surface area contributed by atoms with Crippen molar-refractivity contribution >= 4 is 23.2 Å². The van der Waals surface area contributed by atoms with Gasteiger partial charge >= 0.3 is 6.18 Å². The predicted octanol–water partition coefficient (Wildman–Crippen LogP) is 3.79. The molecule has 0 aliphatic carbocycles. The Morgan fingerprint density at radius 1 is 1.16 bits per heavy atom. The smallest absolute Gasteiger partial charge is 0.326 e. The molecule has 2 aromatic rings. The highest BCUT2D eigenvalue weighted by molar-refractivity contribution is 6.05. The molecule has 4 nitrogen and oxygen atoms in total. The maximum Gasteiger partial charge on any atom is 0.416 e. The van der Waals surface area contributed by atoms with Gasteiger partial charge in [0, 0.05) is 24.8 Å². The highest BCUT2D eigenvalue weighted by Crippen LogP contribution is 2.36. The van der Waals surface area contributed by atoms with Gasteiger partial charge in [0.25, 0.3) is 0 Å². The molecule has 0 bridgehead atoms. The number of amides is 2. The normalized spacial score (nSPS) is 17.2. The lowest BCUT2D eigenvalue weighted by Crippen LogP contribution is -2.37. The highest BCUT2D eigenvalue weighted by Gasteiger charge is 2.34. The van der Waals surface area contributed by atoms with Crippen molar-refractivity contribution in [3.63, 3.8) is 0 Å². The summed E-state index contributed by atoms with van der Waals surface area (Å²) in [4.78, 5) is 26.2. The molecule has 1 aliphatic rings. The zero-order valence-corrected chi connectivity index (χ0v) is 13.3. The van der Waals surface area contributed by atoms with Crippen LogP contribution in [0.4, 0.5) is 24.5 Å². The monoisotopic (exact) mass is 348 g/mol. The zero-order valence-electron chi connectivity index (χ0n) is 13.3. The fourth-order valence-corrected chi connectivity index (χ4v) is 2.88. The molecule has 2 amide bonds. The summed E-state index contributed by atoms with van der Waals surface area (Å²) < 4.78 is 38.4. The standard InChI is InChI=1S/C18H15F3N2O2/c1-23-15-8-3-2-7-13(15)14(10-16(23)24)17(25)22-12-6-4-5-11(9-12)18(19,20)21/h2-9,14H,10H2,1H3,(H,22,25). The van der Waals surface area contributed by atoms with Gasteiger partial charge in [0.05, 0.1) is 11.5 Å². The second-order valence-corrected chi connectivity index (χ2v) is 5.84. The molecule has 1 N–H and O–H groups in total. The van der Waals surface area contributed by atoms with Crippen LogP contribution in [-0.4, -0.2) is 18.9 Å².